The maximum atomic E-state index is 12.4. The largest absolute Gasteiger partial charge is 0.360 e. The minimum absolute atomic E-state index is 0.0125. The summed E-state index contributed by atoms with van der Waals surface area (Å²) < 4.78 is 1.53. The van der Waals surface area contributed by atoms with Gasteiger partial charge in [-0.3, -0.25) is 9.59 Å². The Hall–Kier alpha value is -3.01. The molecule has 1 aliphatic rings. The van der Waals surface area contributed by atoms with E-state index in [9.17, 15) is 9.59 Å². The van der Waals surface area contributed by atoms with E-state index in [-0.39, 0.29) is 30.4 Å². The fraction of sp³-hybridized carbons (Fsp3) is 0.312. The van der Waals surface area contributed by atoms with Crippen molar-refractivity contribution in [3.8, 4) is 0 Å². The van der Waals surface area contributed by atoms with Crippen LogP contribution in [0.25, 0.3) is 5.65 Å². The molecule has 1 saturated heterocycles. The van der Waals surface area contributed by atoms with Gasteiger partial charge in [-0.15, -0.1) is 26.6 Å². The summed E-state index contributed by atoms with van der Waals surface area (Å²) in [6, 6.07) is 7.10. The van der Waals surface area contributed by atoms with Gasteiger partial charge in [-0.05, 0) is 30.0 Å². The first kappa shape index (κ1) is 16.5. The molecule has 4 heterocycles. The highest BCUT2D eigenvalue weighted by Crippen LogP contribution is 2.27. The summed E-state index contributed by atoms with van der Waals surface area (Å²) in [5.41, 5.74) is 0.636. The van der Waals surface area contributed by atoms with E-state index in [1.54, 1.807) is 23.5 Å². The first-order chi connectivity index (χ1) is 12.7. The number of nitrogens with one attached hydrogen (secondary N) is 3. The summed E-state index contributed by atoms with van der Waals surface area (Å²) in [7, 11) is 0. The monoisotopic (exact) mass is 371 g/mol. The van der Waals surface area contributed by atoms with Crippen molar-refractivity contribution in [3.63, 3.8) is 0 Å². The van der Waals surface area contributed by atoms with Crippen LogP contribution in [0.1, 0.15) is 23.8 Å². The van der Waals surface area contributed by atoms with Crippen LogP contribution in [-0.2, 0) is 9.59 Å². The lowest BCUT2D eigenvalue weighted by atomic mass is 9.96. The lowest BCUT2D eigenvalue weighted by Gasteiger charge is -2.32. The molecule has 10 heteroatoms. The zero-order chi connectivity index (χ0) is 17.9. The molecule has 0 unspecified atom stereocenters. The fourth-order valence-electron chi connectivity index (χ4n) is 2.94. The molecule has 0 spiro atoms. The van der Waals surface area contributed by atoms with E-state index in [1.807, 2.05) is 17.5 Å². The van der Waals surface area contributed by atoms with Crippen molar-refractivity contribution in [1.82, 2.24) is 30.4 Å². The predicted octanol–water partition coefficient (Wildman–Crippen LogP) is 0.734. The van der Waals surface area contributed by atoms with Crippen LogP contribution in [-0.4, -0.2) is 44.2 Å². The molecule has 0 aromatic carbocycles. The molecule has 3 N–H and O–H groups in total. The van der Waals surface area contributed by atoms with Crippen molar-refractivity contribution in [2.45, 2.75) is 24.9 Å². The first-order valence-electron chi connectivity index (χ1n) is 8.22. The molecule has 26 heavy (non-hydrogen) atoms. The normalized spacial score (nSPS) is 19.9. The standard InChI is InChI=1S/C16H17N7O2S/c24-14-6-3-10(16(20-14)11-2-1-7-26-11)19-15(25)8-17-12-4-5-13-21-18-9-23(13)22-12/h1-2,4-5,7,9-10,16H,3,6,8H2,(H,17,22)(H,19,25)(H,20,24)/t10-,16-/m1/s1. The molecule has 0 bridgehead atoms. The lowest BCUT2D eigenvalue weighted by molar-refractivity contribution is -0.126. The average Bonchev–Trinajstić information content (AvgIpc) is 3.32. The molecule has 0 aliphatic carbocycles. The number of hydrogen-bond donors (Lipinski definition) is 3. The molecule has 0 radical (unpaired) electrons. The summed E-state index contributed by atoms with van der Waals surface area (Å²) in [6.07, 6.45) is 2.52. The lowest BCUT2D eigenvalue weighted by Crippen LogP contribution is -2.51. The molecule has 2 atom stereocenters. The highest BCUT2D eigenvalue weighted by molar-refractivity contribution is 7.10. The molecule has 2 amide bonds. The van der Waals surface area contributed by atoms with Crippen LogP contribution in [0.4, 0.5) is 5.82 Å². The van der Waals surface area contributed by atoms with Crippen LogP contribution in [0.3, 0.4) is 0 Å². The van der Waals surface area contributed by atoms with Crippen LogP contribution in [0.15, 0.2) is 36.0 Å². The van der Waals surface area contributed by atoms with E-state index in [0.29, 0.717) is 24.3 Å². The summed E-state index contributed by atoms with van der Waals surface area (Å²) in [4.78, 5) is 25.1. The Bertz CT molecular complexity index is 924. The molecule has 9 nitrogen and oxygen atoms in total. The molecular weight excluding hydrogens is 354 g/mol. The first-order valence-corrected chi connectivity index (χ1v) is 9.10. The molecule has 3 aromatic heterocycles. The van der Waals surface area contributed by atoms with E-state index in [1.165, 1.54) is 10.8 Å². The number of fused-ring (bicyclic) bond motifs is 1. The number of carbonyl (C=O) groups excluding carboxylic acids is 2. The smallest absolute Gasteiger partial charge is 0.239 e. The van der Waals surface area contributed by atoms with Crippen molar-refractivity contribution >= 4 is 34.6 Å². The van der Waals surface area contributed by atoms with Gasteiger partial charge in [0.05, 0.1) is 18.6 Å². The summed E-state index contributed by atoms with van der Waals surface area (Å²) >= 11 is 1.57. The Kier molecular flexibility index (Phi) is 4.48. The van der Waals surface area contributed by atoms with E-state index < -0.39 is 0 Å². The maximum absolute atomic E-state index is 12.4. The van der Waals surface area contributed by atoms with E-state index in [2.05, 4.69) is 31.2 Å². The Morgan fingerprint density at radius 3 is 3.15 bits per heavy atom. The van der Waals surface area contributed by atoms with Gasteiger partial charge >= 0.3 is 0 Å². The number of thiophene rings is 1. The van der Waals surface area contributed by atoms with Crippen molar-refractivity contribution in [2.24, 2.45) is 0 Å². The average molecular weight is 371 g/mol. The Morgan fingerprint density at radius 1 is 1.38 bits per heavy atom. The number of hydrogen-bond acceptors (Lipinski definition) is 7. The van der Waals surface area contributed by atoms with Crippen LogP contribution in [0, 0.1) is 0 Å². The minimum atomic E-state index is -0.188. The topological polar surface area (TPSA) is 113 Å². The molecule has 3 aromatic rings. The summed E-state index contributed by atoms with van der Waals surface area (Å²) in [6.45, 7) is 0.0856. The van der Waals surface area contributed by atoms with Gasteiger partial charge in [0.25, 0.3) is 0 Å². The molecule has 4 rings (SSSR count). The quantitative estimate of drug-likeness (QED) is 0.609. The second-order valence-electron chi connectivity index (χ2n) is 5.98. The second-order valence-corrected chi connectivity index (χ2v) is 6.96. The van der Waals surface area contributed by atoms with E-state index in [0.717, 1.165) is 4.88 Å². The molecular formula is C16H17N7O2S. The molecule has 1 aliphatic heterocycles. The molecule has 1 fully saturated rings. The van der Waals surface area contributed by atoms with Gasteiger partial charge in [0.15, 0.2) is 5.65 Å². The van der Waals surface area contributed by atoms with E-state index >= 15 is 0 Å². The molecule has 0 saturated carbocycles. The minimum Gasteiger partial charge on any atom is -0.360 e. The highest BCUT2D eigenvalue weighted by Gasteiger charge is 2.31. The van der Waals surface area contributed by atoms with Gasteiger partial charge in [0, 0.05) is 11.3 Å². The zero-order valence-corrected chi connectivity index (χ0v) is 14.6. The number of amides is 2. The van der Waals surface area contributed by atoms with Crippen LogP contribution < -0.4 is 16.0 Å². The summed E-state index contributed by atoms with van der Waals surface area (Å²) in [5.74, 6) is 0.413. The van der Waals surface area contributed by atoms with Crippen molar-refractivity contribution in [3.05, 3.63) is 40.8 Å². The number of nitrogens with zero attached hydrogens (tertiary/aromatic N) is 4. The molecule has 134 valence electrons. The number of carbonyl (C=O) groups is 2. The third-order valence-corrected chi connectivity index (χ3v) is 5.14. The summed E-state index contributed by atoms with van der Waals surface area (Å²) in [5, 5.41) is 22.8. The van der Waals surface area contributed by atoms with Gasteiger partial charge in [-0.2, -0.15) is 4.52 Å². The zero-order valence-electron chi connectivity index (χ0n) is 13.8. The Balaban J connectivity index is 1.37. The Labute approximate surface area is 152 Å². The van der Waals surface area contributed by atoms with Crippen molar-refractivity contribution in [1.29, 1.82) is 0 Å². The van der Waals surface area contributed by atoms with Gasteiger partial charge in [0.1, 0.15) is 12.1 Å². The third kappa shape index (κ3) is 3.49. The predicted molar refractivity (Wildman–Crippen MR) is 95.6 cm³/mol. The van der Waals surface area contributed by atoms with Gasteiger partial charge in [-0.25, -0.2) is 0 Å². The Morgan fingerprint density at radius 2 is 2.31 bits per heavy atom. The van der Waals surface area contributed by atoms with Crippen LogP contribution in [0.5, 0.6) is 0 Å². The highest BCUT2D eigenvalue weighted by atomic mass is 32.1. The van der Waals surface area contributed by atoms with Crippen LogP contribution in [0.2, 0.25) is 0 Å². The number of anilines is 1. The maximum Gasteiger partial charge on any atom is 0.239 e. The van der Waals surface area contributed by atoms with E-state index in [4.69, 9.17) is 0 Å². The SMILES string of the molecule is O=C(CNc1ccc2nncn2n1)N[C@@H]1CCC(=O)N[C@H]1c1cccs1. The third-order valence-electron chi connectivity index (χ3n) is 4.19. The van der Waals surface area contributed by atoms with Gasteiger partial charge < -0.3 is 16.0 Å². The second kappa shape index (κ2) is 7.08. The number of piperidine rings is 1. The fourth-order valence-corrected chi connectivity index (χ4v) is 3.79. The van der Waals surface area contributed by atoms with Gasteiger partial charge in [-0.1, -0.05) is 6.07 Å². The van der Waals surface area contributed by atoms with Gasteiger partial charge in [0.2, 0.25) is 11.8 Å². The van der Waals surface area contributed by atoms with Crippen molar-refractivity contribution < 1.29 is 9.59 Å². The van der Waals surface area contributed by atoms with Crippen LogP contribution >= 0.6 is 11.3 Å². The number of rotatable bonds is 5. The van der Waals surface area contributed by atoms with Crippen molar-refractivity contribution in [2.75, 3.05) is 11.9 Å². The number of aromatic nitrogens is 4.